The van der Waals surface area contributed by atoms with Gasteiger partial charge in [-0.05, 0) is 18.2 Å². The topological polar surface area (TPSA) is 25.8 Å². The quantitative estimate of drug-likeness (QED) is 0.665. The van der Waals surface area contributed by atoms with Gasteiger partial charge in [-0.15, -0.1) is 10.2 Å². The summed E-state index contributed by atoms with van der Waals surface area (Å²) in [5.74, 6) is -1.08. The van der Waals surface area contributed by atoms with Crippen molar-refractivity contribution in [1.29, 1.82) is 0 Å². The highest BCUT2D eigenvalue weighted by Crippen LogP contribution is 2.31. The average Bonchev–Trinajstić information content (AvgIpc) is 2.43. The number of fused-ring (bicyclic) bond motifs is 1. The molecule has 0 aliphatic heterocycles. The van der Waals surface area contributed by atoms with Gasteiger partial charge in [-0.2, -0.15) is 0 Å². The van der Waals surface area contributed by atoms with Crippen molar-refractivity contribution in [1.82, 2.24) is 10.2 Å². The molecule has 0 unspecified atom stereocenters. The third-order valence-corrected chi connectivity index (χ3v) is 3.10. The molecule has 2 nitrogen and oxygen atoms in total. The second-order valence-electron chi connectivity index (χ2n) is 4.01. The molecule has 0 amide bonds. The minimum Gasteiger partial charge on any atom is -0.207 e. The number of hydrogen-bond acceptors (Lipinski definition) is 2. The molecule has 0 aliphatic carbocycles. The van der Waals surface area contributed by atoms with Crippen LogP contribution in [0.2, 0.25) is 5.15 Å². The van der Waals surface area contributed by atoms with Crippen molar-refractivity contribution < 1.29 is 8.78 Å². The fraction of sp³-hybridized carbons (Fsp3) is 0. The van der Waals surface area contributed by atoms with Crippen molar-refractivity contribution in [2.24, 2.45) is 0 Å². The first-order valence-electron chi connectivity index (χ1n) is 5.53. The van der Waals surface area contributed by atoms with E-state index in [1.54, 1.807) is 24.3 Å². The van der Waals surface area contributed by atoms with E-state index in [1.807, 2.05) is 0 Å². The molecule has 3 rings (SSSR count). The fourth-order valence-corrected chi connectivity index (χ4v) is 2.15. The van der Waals surface area contributed by atoms with Crippen LogP contribution in [0, 0.1) is 11.6 Å². The standard InChI is InChI=1S/C14H7ClF2N2/c15-14-10-4-2-1-3-9(10)13(18-19-14)11-7-8(16)5-6-12(11)17/h1-7H. The molecule has 0 bridgehead atoms. The molecule has 0 saturated heterocycles. The lowest BCUT2D eigenvalue weighted by Crippen LogP contribution is -1.94. The maximum Gasteiger partial charge on any atom is 0.159 e. The van der Waals surface area contributed by atoms with Gasteiger partial charge in [0, 0.05) is 16.3 Å². The molecular formula is C14H7ClF2N2. The van der Waals surface area contributed by atoms with E-state index in [0.29, 0.717) is 10.8 Å². The largest absolute Gasteiger partial charge is 0.207 e. The summed E-state index contributed by atoms with van der Waals surface area (Å²) in [5, 5.41) is 9.19. The minimum absolute atomic E-state index is 0.0698. The van der Waals surface area contributed by atoms with Gasteiger partial charge in [0.05, 0.1) is 0 Å². The van der Waals surface area contributed by atoms with Crippen LogP contribution < -0.4 is 0 Å². The highest BCUT2D eigenvalue weighted by atomic mass is 35.5. The molecule has 94 valence electrons. The zero-order valence-electron chi connectivity index (χ0n) is 9.57. The maximum absolute atomic E-state index is 13.8. The minimum atomic E-state index is -0.553. The molecule has 0 N–H and O–H groups in total. The third kappa shape index (κ3) is 2.04. The average molecular weight is 277 g/mol. The molecule has 2 aromatic carbocycles. The molecule has 5 heteroatoms. The van der Waals surface area contributed by atoms with Gasteiger partial charge in [-0.25, -0.2) is 8.78 Å². The van der Waals surface area contributed by atoms with Crippen LogP contribution in [0.5, 0.6) is 0 Å². The van der Waals surface area contributed by atoms with Gasteiger partial charge in [0.25, 0.3) is 0 Å². The van der Waals surface area contributed by atoms with Crippen LogP contribution in [0.15, 0.2) is 42.5 Å². The van der Waals surface area contributed by atoms with Gasteiger partial charge in [0.15, 0.2) is 5.15 Å². The van der Waals surface area contributed by atoms with Gasteiger partial charge in [0.2, 0.25) is 0 Å². The summed E-state index contributed by atoms with van der Waals surface area (Å²) >= 11 is 5.95. The lowest BCUT2D eigenvalue weighted by atomic mass is 10.0. The Bertz CT molecular complexity index is 774. The molecule has 1 heterocycles. The summed E-state index contributed by atoms with van der Waals surface area (Å²) < 4.78 is 27.1. The zero-order valence-corrected chi connectivity index (χ0v) is 10.3. The fourth-order valence-electron chi connectivity index (χ4n) is 1.95. The van der Waals surface area contributed by atoms with E-state index in [1.165, 1.54) is 0 Å². The zero-order chi connectivity index (χ0) is 13.4. The Morgan fingerprint density at radius 1 is 0.895 bits per heavy atom. The van der Waals surface area contributed by atoms with Gasteiger partial charge in [-0.3, -0.25) is 0 Å². The van der Waals surface area contributed by atoms with E-state index in [2.05, 4.69) is 10.2 Å². The monoisotopic (exact) mass is 276 g/mol. The number of nitrogens with zero attached hydrogens (tertiary/aromatic N) is 2. The molecule has 0 atom stereocenters. The Kier molecular flexibility index (Phi) is 2.87. The Labute approximate surface area is 112 Å². The van der Waals surface area contributed by atoms with E-state index in [0.717, 1.165) is 18.2 Å². The van der Waals surface area contributed by atoms with Crippen molar-refractivity contribution in [3.63, 3.8) is 0 Å². The molecule has 0 radical (unpaired) electrons. The number of benzene rings is 2. The van der Waals surface area contributed by atoms with Gasteiger partial charge in [-0.1, -0.05) is 35.9 Å². The van der Waals surface area contributed by atoms with Crippen molar-refractivity contribution >= 4 is 22.4 Å². The predicted octanol–water partition coefficient (Wildman–Crippen LogP) is 4.23. The Balaban J connectivity index is 2.37. The molecule has 0 fully saturated rings. The molecule has 3 aromatic rings. The molecule has 19 heavy (non-hydrogen) atoms. The van der Waals surface area contributed by atoms with Crippen molar-refractivity contribution in [2.45, 2.75) is 0 Å². The van der Waals surface area contributed by atoms with E-state index in [4.69, 9.17) is 11.6 Å². The number of halogens is 3. The lowest BCUT2D eigenvalue weighted by molar-refractivity contribution is 0.602. The smallest absolute Gasteiger partial charge is 0.159 e. The van der Waals surface area contributed by atoms with E-state index >= 15 is 0 Å². The van der Waals surface area contributed by atoms with Crippen LogP contribution in [0.1, 0.15) is 0 Å². The van der Waals surface area contributed by atoms with Crippen LogP contribution >= 0.6 is 11.6 Å². The van der Waals surface area contributed by atoms with Crippen LogP contribution in [0.25, 0.3) is 22.0 Å². The van der Waals surface area contributed by atoms with Crippen LogP contribution in [0.3, 0.4) is 0 Å². The Morgan fingerprint density at radius 3 is 2.42 bits per heavy atom. The van der Waals surface area contributed by atoms with Crippen molar-refractivity contribution in [3.05, 3.63) is 59.3 Å². The van der Waals surface area contributed by atoms with Gasteiger partial charge >= 0.3 is 0 Å². The summed E-state index contributed by atoms with van der Waals surface area (Å²) in [6.45, 7) is 0. The predicted molar refractivity (Wildman–Crippen MR) is 69.9 cm³/mol. The summed E-state index contributed by atoms with van der Waals surface area (Å²) in [4.78, 5) is 0. The SMILES string of the molecule is Fc1ccc(F)c(-c2nnc(Cl)c3ccccc23)c1. The summed E-state index contributed by atoms with van der Waals surface area (Å²) in [6, 6.07) is 10.3. The van der Waals surface area contributed by atoms with Crippen molar-refractivity contribution in [2.75, 3.05) is 0 Å². The molecule has 0 saturated carbocycles. The second kappa shape index (κ2) is 4.55. The molecule has 0 spiro atoms. The number of rotatable bonds is 1. The van der Waals surface area contributed by atoms with Crippen molar-refractivity contribution in [3.8, 4) is 11.3 Å². The number of hydrogen-bond donors (Lipinski definition) is 0. The highest BCUT2D eigenvalue weighted by Gasteiger charge is 2.13. The van der Waals surface area contributed by atoms with E-state index < -0.39 is 11.6 Å². The number of aromatic nitrogens is 2. The molecule has 0 aliphatic rings. The van der Waals surface area contributed by atoms with Crippen LogP contribution in [-0.2, 0) is 0 Å². The third-order valence-electron chi connectivity index (χ3n) is 2.83. The Morgan fingerprint density at radius 2 is 1.63 bits per heavy atom. The molecule has 1 aromatic heterocycles. The maximum atomic E-state index is 13.8. The first-order valence-corrected chi connectivity index (χ1v) is 5.91. The van der Waals surface area contributed by atoms with E-state index in [-0.39, 0.29) is 16.4 Å². The van der Waals surface area contributed by atoms with Gasteiger partial charge < -0.3 is 0 Å². The first kappa shape index (κ1) is 12.0. The van der Waals surface area contributed by atoms with E-state index in [9.17, 15) is 8.78 Å². The normalized spacial score (nSPS) is 10.9. The van der Waals surface area contributed by atoms with Crippen LogP contribution in [-0.4, -0.2) is 10.2 Å². The summed E-state index contributed by atoms with van der Waals surface area (Å²) in [6.07, 6.45) is 0. The first-order chi connectivity index (χ1) is 9.16. The highest BCUT2D eigenvalue weighted by molar-refractivity contribution is 6.34. The summed E-state index contributed by atoms with van der Waals surface area (Å²) in [5.41, 5.74) is 0.345. The lowest BCUT2D eigenvalue weighted by Gasteiger charge is -2.07. The second-order valence-corrected chi connectivity index (χ2v) is 4.37. The Hall–Kier alpha value is -2.07. The van der Waals surface area contributed by atoms with Crippen LogP contribution in [0.4, 0.5) is 8.78 Å². The van der Waals surface area contributed by atoms with Gasteiger partial charge in [0.1, 0.15) is 17.3 Å². The summed E-state index contributed by atoms with van der Waals surface area (Å²) in [7, 11) is 0. The molecular weight excluding hydrogens is 270 g/mol.